The van der Waals surface area contributed by atoms with Crippen LogP contribution in [0, 0.1) is 17.1 Å². The van der Waals surface area contributed by atoms with Gasteiger partial charge in [-0.25, -0.2) is 18.2 Å². The summed E-state index contributed by atoms with van der Waals surface area (Å²) in [4.78, 5) is 32.8. The monoisotopic (exact) mass is 496 g/mol. The molecule has 2 amide bonds. The Morgan fingerprint density at radius 1 is 1.25 bits per heavy atom. The summed E-state index contributed by atoms with van der Waals surface area (Å²) in [5.74, 6) is -4.71. The molecule has 0 bridgehead atoms. The number of nitrogens with one attached hydrogen (secondary N) is 1. The first kappa shape index (κ1) is 22.3. The number of fused-ring (bicyclic) bond motifs is 3. The molecule has 3 aromatic rings. The van der Waals surface area contributed by atoms with E-state index in [9.17, 15) is 23.6 Å². The van der Waals surface area contributed by atoms with Gasteiger partial charge in [-0.05, 0) is 18.2 Å². The maximum atomic E-state index is 15.0. The fourth-order valence-corrected chi connectivity index (χ4v) is 5.49. The number of carbonyl (C=O) groups is 2. The van der Waals surface area contributed by atoms with Gasteiger partial charge >= 0.3 is 0 Å². The molecule has 0 unspecified atom stereocenters. The summed E-state index contributed by atoms with van der Waals surface area (Å²) in [5.41, 5.74) is 0.523. The van der Waals surface area contributed by atoms with Gasteiger partial charge in [0.1, 0.15) is 30.0 Å². The number of aromatic nitrogens is 3. The highest BCUT2D eigenvalue weighted by Crippen LogP contribution is 2.55. The highest BCUT2D eigenvalue weighted by atomic mass is 19.3. The molecule has 1 atom stereocenters. The number of aromatic amines is 1. The summed E-state index contributed by atoms with van der Waals surface area (Å²) in [5, 5.41) is 15.9. The molecule has 1 N–H and O–H groups in total. The van der Waals surface area contributed by atoms with Crippen molar-refractivity contribution in [2.24, 2.45) is 0 Å². The minimum Gasteiger partial charge on any atom is -0.474 e. The van der Waals surface area contributed by atoms with Gasteiger partial charge in [0, 0.05) is 30.9 Å². The van der Waals surface area contributed by atoms with Crippen molar-refractivity contribution >= 4 is 28.5 Å². The third-order valence-electron chi connectivity index (χ3n) is 7.16. The number of hydrogen-bond acceptors (Lipinski definition) is 6. The summed E-state index contributed by atoms with van der Waals surface area (Å²) >= 11 is 0. The van der Waals surface area contributed by atoms with Crippen molar-refractivity contribution in [3.05, 3.63) is 47.9 Å². The van der Waals surface area contributed by atoms with Crippen molar-refractivity contribution in [3.8, 4) is 11.9 Å². The number of nitriles is 1. The van der Waals surface area contributed by atoms with Gasteiger partial charge in [-0.15, -0.1) is 0 Å². The number of nitrogens with zero attached hydrogens (tertiary/aromatic N) is 5. The maximum absolute atomic E-state index is 15.0. The molecular formula is C24H19F3N6O3. The van der Waals surface area contributed by atoms with E-state index in [1.54, 1.807) is 24.4 Å². The van der Waals surface area contributed by atoms with Crippen LogP contribution < -0.4 is 9.64 Å². The van der Waals surface area contributed by atoms with Gasteiger partial charge in [-0.3, -0.25) is 14.7 Å². The zero-order valence-corrected chi connectivity index (χ0v) is 18.7. The van der Waals surface area contributed by atoms with Gasteiger partial charge in [0.2, 0.25) is 17.7 Å². The van der Waals surface area contributed by atoms with Crippen molar-refractivity contribution in [3.63, 3.8) is 0 Å². The summed E-state index contributed by atoms with van der Waals surface area (Å²) in [6.07, 6.45) is 0.708. The Hall–Kier alpha value is -4.14. The summed E-state index contributed by atoms with van der Waals surface area (Å²) in [7, 11) is 0. The lowest BCUT2D eigenvalue weighted by molar-refractivity contribution is -0.135. The number of ether oxygens (including phenoxy) is 1. The number of likely N-dealkylation sites (tertiary alicyclic amines) is 1. The molecule has 1 saturated heterocycles. The van der Waals surface area contributed by atoms with E-state index in [4.69, 9.17) is 4.74 Å². The SMILES string of the molecule is N#C[C@@H]1CC(F)(F)CN1C(=O)CN1C(=O)C2(CC(Oc3ccc4[nH]ncc4n3)C2)c2c(F)cccc21. The molecule has 4 heterocycles. The number of carbonyl (C=O) groups excluding carboxylic acids is 2. The topological polar surface area (TPSA) is 115 Å². The van der Waals surface area contributed by atoms with E-state index in [0.29, 0.717) is 11.4 Å². The van der Waals surface area contributed by atoms with Crippen LogP contribution >= 0.6 is 0 Å². The minimum absolute atomic E-state index is 0.165. The summed E-state index contributed by atoms with van der Waals surface area (Å²) in [6.45, 7) is -1.45. The van der Waals surface area contributed by atoms with Crippen molar-refractivity contribution in [1.82, 2.24) is 20.1 Å². The van der Waals surface area contributed by atoms with Crippen molar-refractivity contribution in [1.29, 1.82) is 5.26 Å². The molecule has 3 aliphatic rings. The van der Waals surface area contributed by atoms with Crippen LogP contribution in [0.2, 0.25) is 0 Å². The first-order valence-corrected chi connectivity index (χ1v) is 11.4. The zero-order valence-electron chi connectivity index (χ0n) is 18.7. The lowest BCUT2D eigenvalue weighted by Gasteiger charge is -2.43. The first-order valence-electron chi connectivity index (χ1n) is 11.4. The summed E-state index contributed by atoms with van der Waals surface area (Å²) < 4.78 is 48.7. The van der Waals surface area contributed by atoms with E-state index >= 15 is 4.39 Å². The van der Waals surface area contributed by atoms with Crippen molar-refractivity contribution < 1.29 is 27.5 Å². The van der Waals surface area contributed by atoms with E-state index in [1.807, 2.05) is 0 Å². The second-order valence-corrected chi connectivity index (χ2v) is 9.43. The quantitative estimate of drug-likeness (QED) is 0.594. The molecule has 1 aromatic carbocycles. The van der Waals surface area contributed by atoms with Crippen LogP contribution in [0.15, 0.2) is 36.5 Å². The Labute approximate surface area is 202 Å². The van der Waals surface area contributed by atoms with Gasteiger partial charge in [-0.1, -0.05) is 6.07 Å². The van der Waals surface area contributed by atoms with E-state index < -0.39 is 60.6 Å². The van der Waals surface area contributed by atoms with Gasteiger partial charge < -0.3 is 14.5 Å². The Morgan fingerprint density at radius 3 is 2.83 bits per heavy atom. The molecule has 184 valence electrons. The number of halogens is 3. The smallest absolute Gasteiger partial charge is 0.268 e. The van der Waals surface area contributed by atoms with Crippen LogP contribution in [-0.4, -0.2) is 63.1 Å². The third-order valence-corrected chi connectivity index (χ3v) is 7.16. The standard InChI is InChI=1S/C24H19F3N6O3/c25-15-2-1-3-18-21(15)23(7-14(8-23)36-19-5-4-16-17(30-19)10-29-31-16)22(35)32(18)11-20(34)33-12-24(26,27)6-13(33)9-28/h1-5,10,13-14H,6-8,11-12H2,(H,29,31)/t13-,14?,23?/m0/s1. The highest BCUT2D eigenvalue weighted by Gasteiger charge is 2.61. The fourth-order valence-electron chi connectivity index (χ4n) is 5.49. The number of benzene rings is 1. The Balaban J connectivity index is 1.23. The average Bonchev–Trinajstić information content (AvgIpc) is 3.48. The van der Waals surface area contributed by atoms with E-state index in [0.717, 1.165) is 15.3 Å². The molecule has 0 radical (unpaired) electrons. The number of amides is 2. The predicted molar refractivity (Wildman–Crippen MR) is 119 cm³/mol. The normalized spacial score (nSPS) is 26.2. The molecule has 1 aliphatic carbocycles. The van der Waals surface area contributed by atoms with Gasteiger partial charge in [0.05, 0.1) is 35.4 Å². The molecule has 9 nitrogen and oxygen atoms in total. The number of hydrogen-bond donors (Lipinski definition) is 1. The van der Waals surface area contributed by atoms with Crippen LogP contribution in [0.1, 0.15) is 24.8 Å². The lowest BCUT2D eigenvalue weighted by atomic mass is 9.63. The van der Waals surface area contributed by atoms with Crippen molar-refractivity contribution in [2.75, 3.05) is 18.0 Å². The van der Waals surface area contributed by atoms with E-state index in [1.165, 1.54) is 18.2 Å². The number of anilines is 1. The van der Waals surface area contributed by atoms with Crippen LogP contribution in [0.3, 0.4) is 0 Å². The second kappa shape index (κ2) is 7.68. The Morgan fingerprint density at radius 2 is 2.06 bits per heavy atom. The molecule has 12 heteroatoms. The third kappa shape index (κ3) is 3.30. The van der Waals surface area contributed by atoms with E-state index in [2.05, 4.69) is 15.2 Å². The highest BCUT2D eigenvalue weighted by molar-refractivity contribution is 6.11. The van der Waals surface area contributed by atoms with E-state index in [-0.39, 0.29) is 24.1 Å². The molecule has 6 rings (SSSR count). The Bertz CT molecular complexity index is 1440. The molecule has 2 fully saturated rings. The largest absolute Gasteiger partial charge is 0.474 e. The molecule has 2 aromatic heterocycles. The zero-order chi connectivity index (χ0) is 25.2. The van der Waals surface area contributed by atoms with Crippen LogP contribution in [0.4, 0.5) is 18.9 Å². The molecule has 2 aliphatic heterocycles. The van der Waals surface area contributed by atoms with Crippen molar-refractivity contribution in [2.45, 2.75) is 42.7 Å². The van der Waals surface area contributed by atoms with Gasteiger partial charge in [0.25, 0.3) is 5.92 Å². The van der Waals surface area contributed by atoms with Crippen LogP contribution in [-0.2, 0) is 15.0 Å². The second-order valence-electron chi connectivity index (χ2n) is 9.43. The Kier molecular flexibility index (Phi) is 4.76. The number of alkyl halides is 2. The van der Waals surface area contributed by atoms with Crippen LogP contribution in [0.5, 0.6) is 5.88 Å². The molecule has 1 spiro atoms. The molecule has 36 heavy (non-hydrogen) atoms. The average molecular weight is 496 g/mol. The fraction of sp³-hybridized carbons (Fsp3) is 0.375. The predicted octanol–water partition coefficient (Wildman–Crippen LogP) is 2.68. The maximum Gasteiger partial charge on any atom is 0.268 e. The minimum atomic E-state index is -3.18. The molecule has 1 saturated carbocycles. The van der Waals surface area contributed by atoms with Crippen LogP contribution in [0.25, 0.3) is 11.0 Å². The number of pyridine rings is 1. The number of H-pyrrole nitrogens is 1. The molecular weight excluding hydrogens is 477 g/mol. The first-order chi connectivity index (χ1) is 17.2. The summed E-state index contributed by atoms with van der Waals surface area (Å²) in [6, 6.07) is 8.07. The van der Waals surface area contributed by atoms with Gasteiger partial charge in [-0.2, -0.15) is 10.4 Å². The van der Waals surface area contributed by atoms with Gasteiger partial charge in [0.15, 0.2) is 0 Å². The lowest BCUT2D eigenvalue weighted by Crippen LogP contribution is -2.55. The number of rotatable bonds is 4.